The molecule has 11 nitrogen and oxygen atoms in total. The van der Waals surface area contributed by atoms with Gasteiger partial charge in [-0.05, 0) is 6.42 Å². The fraction of sp³-hybridized carbons (Fsp3) is 0.778. The van der Waals surface area contributed by atoms with Crippen molar-refractivity contribution in [2.24, 2.45) is 5.92 Å². The second-order valence-corrected chi connectivity index (χ2v) is 7.07. The first-order valence-corrected chi connectivity index (χ1v) is 9.11. The molecule has 0 radical (unpaired) electrons. The van der Waals surface area contributed by atoms with Gasteiger partial charge in [0.05, 0.1) is 13.2 Å². The fourth-order valence-corrected chi connectivity index (χ4v) is 3.54. The number of carbonyl (C=O) groups excluding carboxylic acids is 4. The quantitative estimate of drug-likeness (QED) is 0.454. The van der Waals surface area contributed by atoms with Crippen LogP contribution in [-0.2, 0) is 47.6 Å². The molecule has 0 amide bonds. The SMILES string of the molecule is COC(=O)[C@]1(O)O[C@@H]2[C@@H](OC(C)=O)[C@H](OC(C)=O)[C@@H](COC(C)=O)O[C@H]2C[C@H]1C. The number of esters is 4. The summed E-state index contributed by atoms with van der Waals surface area (Å²) in [6, 6.07) is 0. The van der Waals surface area contributed by atoms with Crippen molar-refractivity contribution in [1.29, 1.82) is 0 Å². The molecule has 29 heavy (non-hydrogen) atoms. The first-order valence-electron chi connectivity index (χ1n) is 9.11. The summed E-state index contributed by atoms with van der Waals surface area (Å²) in [6.07, 6.45) is -5.12. The van der Waals surface area contributed by atoms with E-state index in [0.29, 0.717) is 0 Å². The smallest absolute Gasteiger partial charge is 0.366 e. The zero-order chi connectivity index (χ0) is 21.9. The van der Waals surface area contributed by atoms with Crippen LogP contribution in [-0.4, -0.2) is 79.0 Å². The molecule has 0 bridgehead atoms. The minimum absolute atomic E-state index is 0.136. The van der Waals surface area contributed by atoms with Crippen LogP contribution in [0.15, 0.2) is 0 Å². The average Bonchev–Trinajstić information content (AvgIpc) is 2.62. The van der Waals surface area contributed by atoms with Gasteiger partial charge in [0.2, 0.25) is 0 Å². The summed E-state index contributed by atoms with van der Waals surface area (Å²) in [5, 5.41) is 10.7. The van der Waals surface area contributed by atoms with Crippen molar-refractivity contribution >= 4 is 23.9 Å². The highest BCUT2D eigenvalue weighted by molar-refractivity contribution is 5.78. The molecule has 11 heteroatoms. The van der Waals surface area contributed by atoms with Gasteiger partial charge in [0.1, 0.15) is 18.8 Å². The van der Waals surface area contributed by atoms with Crippen LogP contribution in [0.4, 0.5) is 0 Å². The fourth-order valence-electron chi connectivity index (χ4n) is 3.54. The number of rotatable bonds is 5. The summed E-state index contributed by atoms with van der Waals surface area (Å²) in [5.41, 5.74) is 0. The third kappa shape index (κ3) is 5.03. The molecule has 2 saturated heterocycles. The Morgan fingerprint density at radius 2 is 1.62 bits per heavy atom. The first kappa shape index (κ1) is 23.0. The molecule has 7 atom stereocenters. The zero-order valence-corrected chi connectivity index (χ0v) is 16.9. The lowest BCUT2D eigenvalue weighted by Crippen LogP contribution is -2.68. The highest BCUT2D eigenvalue weighted by atomic mass is 16.7. The van der Waals surface area contributed by atoms with Crippen LogP contribution < -0.4 is 0 Å². The summed E-state index contributed by atoms with van der Waals surface area (Å²) in [5.74, 6) is -6.03. The van der Waals surface area contributed by atoms with Crippen LogP contribution in [0, 0.1) is 5.92 Å². The Balaban J connectivity index is 2.40. The summed E-state index contributed by atoms with van der Waals surface area (Å²) < 4.78 is 31.8. The molecule has 1 N–H and O–H groups in total. The van der Waals surface area contributed by atoms with Crippen LogP contribution >= 0.6 is 0 Å². The Kier molecular flexibility index (Phi) is 7.20. The van der Waals surface area contributed by atoms with E-state index in [1.807, 2.05) is 0 Å². The van der Waals surface area contributed by atoms with Gasteiger partial charge in [0, 0.05) is 26.7 Å². The summed E-state index contributed by atoms with van der Waals surface area (Å²) in [4.78, 5) is 46.7. The maximum absolute atomic E-state index is 12.1. The van der Waals surface area contributed by atoms with Crippen LogP contribution in [0.25, 0.3) is 0 Å². The van der Waals surface area contributed by atoms with E-state index in [4.69, 9.17) is 23.7 Å². The molecular weight excluding hydrogens is 392 g/mol. The van der Waals surface area contributed by atoms with E-state index >= 15 is 0 Å². The Hall–Kier alpha value is -2.24. The maximum Gasteiger partial charge on any atom is 0.366 e. The zero-order valence-electron chi connectivity index (χ0n) is 16.9. The van der Waals surface area contributed by atoms with Crippen molar-refractivity contribution in [2.45, 2.75) is 70.4 Å². The lowest BCUT2D eigenvalue weighted by Gasteiger charge is -2.51. The predicted molar refractivity (Wildman–Crippen MR) is 92.0 cm³/mol. The molecule has 2 aliphatic rings. The topological polar surface area (TPSA) is 144 Å². The van der Waals surface area contributed by atoms with Gasteiger partial charge in [-0.25, -0.2) is 4.79 Å². The molecule has 0 aromatic carbocycles. The van der Waals surface area contributed by atoms with E-state index in [1.165, 1.54) is 6.92 Å². The molecular formula is C18H26O11. The molecule has 0 aromatic heterocycles. The average molecular weight is 418 g/mol. The van der Waals surface area contributed by atoms with Crippen LogP contribution in [0.3, 0.4) is 0 Å². The largest absolute Gasteiger partial charge is 0.465 e. The molecule has 2 fully saturated rings. The third-order valence-corrected chi connectivity index (χ3v) is 4.83. The van der Waals surface area contributed by atoms with Crippen molar-refractivity contribution in [3.05, 3.63) is 0 Å². The number of fused-ring (bicyclic) bond motifs is 1. The monoisotopic (exact) mass is 418 g/mol. The van der Waals surface area contributed by atoms with E-state index in [-0.39, 0.29) is 13.0 Å². The van der Waals surface area contributed by atoms with Crippen LogP contribution in [0.1, 0.15) is 34.1 Å². The number of carbonyl (C=O) groups is 4. The Morgan fingerprint density at radius 1 is 1.03 bits per heavy atom. The van der Waals surface area contributed by atoms with E-state index in [2.05, 4.69) is 4.74 Å². The number of aliphatic hydroxyl groups is 1. The molecule has 0 spiro atoms. The Labute approximate surface area is 167 Å². The van der Waals surface area contributed by atoms with Gasteiger partial charge in [-0.3, -0.25) is 14.4 Å². The van der Waals surface area contributed by atoms with Gasteiger partial charge < -0.3 is 33.5 Å². The maximum atomic E-state index is 12.1. The van der Waals surface area contributed by atoms with Crippen molar-refractivity contribution < 1.29 is 52.7 Å². The second-order valence-electron chi connectivity index (χ2n) is 7.07. The van der Waals surface area contributed by atoms with Gasteiger partial charge in [-0.2, -0.15) is 0 Å². The van der Waals surface area contributed by atoms with E-state index in [0.717, 1.165) is 21.0 Å². The molecule has 2 aliphatic heterocycles. The molecule has 0 saturated carbocycles. The van der Waals surface area contributed by atoms with Gasteiger partial charge in [0.15, 0.2) is 12.2 Å². The second kappa shape index (κ2) is 9.06. The highest BCUT2D eigenvalue weighted by Gasteiger charge is 2.60. The van der Waals surface area contributed by atoms with Gasteiger partial charge in [-0.15, -0.1) is 0 Å². The van der Waals surface area contributed by atoms with E-state index in [9.17, 15) is 24.3 Å². The van der Waals surface area contributed by atoms with Crippen molar-refractivity contribution in [2.75, 3.05) is 13.7 Å². The van der Waals surface area contributed by atoms with Gasteiger partial charge in [-0.1, -0.05) is 6.92 Å². The molecule has 0 aromatic rings. The number of ether oxygens (including phenoxy) is 6. The van der Waals surface area contributed by atoms with E-state index in [1.54, 1.807) is 6.92 Å². The molecule has 2 heterocycles. The molecule has 164 valence electrons. The standard InChI is InChI=1S/C18H26O11/c1-8-6-12-15(29-18(8,23)17(22)24-5)16(27-11(4)21)14(26-10(3)20)13(28-12)7-25-9(2)19/h8,12-16,23H,6-7H2,1-5H3/t8-,12+,13-,14-,15+,16+,18-/m1/s1. The van der Waals surface area contributed by atoms with Gasteiger partial charge >= 0.3 is 23.9 Å². The summed E-state index contributed by atoms with van der Waals surface area (Å²) >= 11 is 0. The molecule has 0 aliphatic carbocycles. The Morgan fingerprint density at radius 3 is 2.14 bits per heavy atom. The minimum Gasteiger partial charge on any atom is -0.465 e. The number of hydrogen-bond acceptors (Lipinski definition) is 11. The van der Waals surface area contributed by atoms with E-state index < -0.39 is 66.1 Å². The normalized spacial score (nSPS) is 36.3. The number of methoxy groups -OCH3 is 1. The highest BCUT2D eigenvalue weighted by Crippen LogP contribution is 2.41. The van der Waals surface area contributed by atoms with Crippen molar-refractivity contribution in [3.8, 4) is 0 Å². The lowest BCUT2D eigenvalue weighted by molar-refractivity contribution is -0.345. The lowest BCUT2D eigenvalue weighted by atomic mass is 9.83. The predicted octanol–water partition coefficient (Wildman–Crippen LogP) is -0.533. The summed E-state index contributed by atoms with van der Waals surface area (Å²) in [7, 11) is 1.10. The summed E-state index contributed by atoms with van der Waals surface area (Å²) in [6.45, 7) is 4.81. The van der Waals surface area contributed by atoms with Crippen molar-refractivity contribution in [3.63, 3.8) is 0 Å². The van der Waals surface area contributed by atoms with Crippen LogP contribution in [0.2, 0.25) is 0 Å². The minimum atomic E-state index is -2.30. The molecule has 0 unspecified atom stereocenters. The van der Waals surface area contributed by atoms with Gasteiger partial charge in [0.25, 0.3) is 5.79 Å². The Bertz CT molecular complexity index is 662. The van der Waals surface area contributed by atoms with Crippen LogP contribution in [0.5, 0.6) is 0 Å². The third-order valence-electron chi connectivity index (χ3n) is 4.83. The molecule has 2 rings (SSSR count). The first-order chi connectivity index (χ1) is 13.5. The van der Waals surface area contributed by atoms with Crippen molar-refractivity contribution in [1.82, 2.24) is 0 Å². The number of hydrogen-bond donors (Lipinski definition) is 1.